The number of rotatable bonds is 45. The van der Waals surface area contributed by atoms with Crippen molar-refractivity contribution in [3.63, 3.8) is 0 Å². The maximum absolute atomic E-state index is 12.9. The topological polar surface area (TPSA) is 186 Å². The van der Waals surface area contributed by atoms with Gasteiger partial charge in [-0.2, -0.15) is 8.42 Å². The minimum Gasteiger partial charge on any atom is -0.462 e. The van der Waals surface area contributed by atoms with E-state index in [0.717, 1.165) is 57.8 Å². The number of carbonyl (C=O) groups is 2. The first-order valence-electron chi connectivity index (χ1n) is 26.2. The van der Waals surface area contributed by atoms with E-state index in [0.29, 0.717) is 12.8 Å². The maximum atomic E-state index is 12.9. The van der Waals surface area contributed by atoms with Crippen LogP contribution in [0.2, 0.25) is 0 Å². The summed E-state index contributed by atoms with van der Waals surface area (Å²) >= 11 is 0. The van der Waals surface area contributed by atoms with Gasteiger partial charge in [-0.25, -0.2) is 0 Å². The molecule has 6 atom stereocenters. The van der Waals surface area contributed by atoms with Crippen molar-refractivity contribution >= 4 is 22.1 Å². The predicted molar refractivity (Wildman–Crippen MR) is 257 cm³/mol. The molecule has 1 fully saturated rings. The van der Waals surface area contributed by atoms with Crippen molar-refractivity contribution in [1.82, 2.24) is 0 Å². The van der Waals surface area contributed by atoms with Gasteiger partial charge in [0.15, 0.2) is 12.4 Å². The van der Waals surface area contributed by atoms with E-state index in [1.165, 1.54) is 148 Å². The Morgan fingerprint density at radius 2 is 0.891 bits per heavy atom. The first-order chi connectivity index (χ1) is 31.0. The van der Waals surface area contributed by atoms with Crippen molar-refractivity contribution in [2.24, 2.45) is 0 Å². The van der Waals surface area contributed by atoms with Gasteiger partial charge in [0.05, 0.1) is 6.61 Å². The second-order valence-electron chi connectivity index (χ2n) is 18.5. The van der Waals surface area contributed by atoms with Crippen molar-refractivity contribution in [3.8, 4) is 0 Å². The fraction of sp³-hybridized carbons (Fsp3) is 0.922. The zero-order valence-electron chi connectivity index (χ0n) is 40.7. The van der Waals surface area contributed by atoms with Gasteiger partial charge in [0, 0.05) is 12.8 Å². The molecule has 0 aromatic rings. The number of allylic oxidation sites excluding steroid dienone is 2. The van der Waals surface area contributed by atoms with Crippen LogP contribution in [0.25, 0.3) is 0 Å². The Labute approximate surface area is 390 Å². The molecule has 0 aromatic heterocycles. The van der Waals surface area contributed by atoms with Crippen molar-refractivity contribution in [1.29, 1.82) is 0 Å². The van der Waals surface area contributed by atoms with E-state index in [9.17, 15) is 37.9 Å². The van der Waals surface area contributed by atoms with Crippen molar-refractivity contribution in [2.75, 3.05) is 19.0 Å². The molecule has 0 bridgehead atoms. The van der Waals surface area contributed by atoms with E-state index in [1.807, 2.05) is 0 Å². The second-order valence-corrected chi connectivity index (χ2v) is 20.0. The Balaban J connectivity index is 2.35. The number of unbranched alkanes of at least 4 members (excludes halogenated alkanes) is 31. The van der Waals surface area contributed by atoms with Gasteiger partial charge in [0.1, 0.15) is 36.8 Å². The van der Waals surface area contributed by atoms with Crippen molar-refractivity contribution in [3.05, 3.63) is 12.2 Å². The molecule has 0 aliphatic carbocycles. The van der Waals surface area contributed by atoms with E-state index >= 15 is 0 Å². The third-order valence-corrected chi connectivity index (χ3v) is 13.1. The first-order valence-corrected chi connectivity index (χ1v) is 27.9. The molecule has 378 valence electrons. The molecule has 1 rings (SSSR count). The largest absolute Gasteiger partial charge is 0.462 e. The lowest BCUT2D eigenvalue weighted by atomic mass is 10.00. The lowest BCUT2D eigenvalue weighted by molar-refractivity contribution is -0.297. The fourth-order valence-electron chi connectivity index (χ4n) is 8.26. The molecule has 1 aliphatic heterocycles. The van der Waals surface area contributed by atoms with Gasteiger partial charge in [0.2, 0.25) is 0 Å². The third-order valence-electron chi connectivity index (χ3n) is 12.3. The summed E-state index contributed by atoms with van der Waals surface area (Å²) in [6.45, 7) is 3.79. The molecule has 0 aromatic carbocycles. The monoisotopic (exact) mass is 933 g/mol. The van der Waals surface area contributed by atoms with Gasteiger partial charge in [-0.15, -0.1) is 0 Å². The molecule has 0 spiro atoms. The third kappa shape index (κ3) is 35.6. The molecule has 64 heavy (non-hydrogen) atoms. The highest BCUT2D eigenvalue weighted by Crippen LogP contribution is 2.24. The zero-order valence-corrected chi connectivity index (χ0v) is 41.5. The first kappa shape index (κ1) is 60.4. The van der Waals surface area contributed by atoms with Crippen LogP contribution in [0, 0.1) is 0 Å². The average Bonchev–Trinajstić information content (AvgIpc) is 3.26. The Hall–Kier alpha value is -1.61. The van der Waals surface area contributed by atoms with Crippen LogP contribution in [0.5, 0.6) is 0 Å². The molecular formula is C51H96O12S. The summed E-state index contributed by atoms with van der Waals surface area (Å²) in [4.78, 5) is 25.5. The lowest BCUT2D eigenvalue weighted by Gasteiger charge is -2.40. The van der Waals surface area contributed by atoms with Crippen LogP contribution in [-0.4, -0.2) is 96.0 Å². The Bertz CT molecular complexity index is 1230. The van der Waals surface area contributed by atoms with Crippen LogP contribution < -0.4 is 0 Å². The smallest absolute Gasteiger partial charge is 0.306 e. The molecule has 12 nitrogen and oxygen atoms in total. The van der Waals surface area contributed by atoms with Crippen molar-refractivity contribution in [2.45, 2.75) is 282 Å². The number of aliphatic hydroxyl groups is 3. The molecule has 1 aliphatic rings. The summed E-state index contributed by atoms with van der Waals surface area (Å²) in [5.74, 6) is -1.97. The number of aliphatic hydroxyl groups excluding tert-OH is 3. The highest BCUT2D eigenvalue weighted by Gasteiger charge is 2.46. The van der Waals surface area contributed by atoms with Gasteiger partial charge < -0.3 is 34.3 Å². The standard InChI is InChI=1S/C51H96O12S/c1-3-5-7-9-11-13-15-17-19-21-22-23-24-26-27-29-31-33-35-37-39-46(52)60-41-44(42-61-51-50(56)49(55)48(54)45(63-51)43-64(57,58)59)62-47(53)40-38-36-34-32-30-28-25-20-18-16-14-12-10-8-6-4-2/h20,25,44-45,48-51,54-56H,3-19,21-24,26-43H2,1-2H3,(H,57,58,59)/b25-20-. The van der Waals surface area contributed by atoms with E-state index in [4.69, 9.17) is 18.9 Å². The minimum atomic E-state index is -4.60. The quantitative estimate of drug-likeness (QED) is 0.0196. The minimum absolute atomic E-state index is 0.159. The lowest BCUT2D eigenvalue weighted by Crippen LogP contribution is -2.60. The fourth-order valence-corrected chi connectivity index (χ4v) is 8.95. The number of ether oxygens (including phenoxy) is 4. The number of hydrogen-bond acceptors (Lipinski definition) is 11. The highest BCUT2D eigenvalue weighted by atomic mass is 32.2. The van der Waals surface area contributed by atoms with Gasteiger partial charge in [-0.3, -0.25) is 14.1 Å². The Morgan fingerprint density at radius 3 is 1.30 bits per heavy atom. The van der Waals surface area contributed by atoms with Gasteiger partial charge in [-0.1, -0.05) is 206 Å². The average molecular weight is 933 g/mol. The summed E-state index contributed by atoms with van der Waals surface area (Å²) in [5, 5.41) is 31.0. The van der Waals surface area contributed by atoms with Gasteiger partial charge >= 0.3 is 11.9 Å². The molecule has 6 unspecified atom stereocenters. The highest BCUT2D eigenvalue weighted by molar-refractivity contribution is 7.85. The number of carbonyl (C=O) groups excluding carboxylic acids is 2. The Morgan fingerprint density at radius 1 is 0.516 bits per heavy atom. The normalized spacial score (nSPS) is 19.6. The zero-order chi connectivity index (χ0) is 46.9. The molecule has 0 amide bonds. The van der Waals surface area contributed by atoms with Gasteiger partial charge in [-0.05, 0) is 38.5 Å². The van der Waals surface area contributed by atoms with Crippen LogP contribution in [-0.2, 0) is 38.7 Å². The summed E-state index contributed by atoms with van der Waals surface area (Å²) in [6, 6.07) is 0. The van der Waals surface area contributed by atoms with Crippen LogP contribution in [0.1, 0.15) is 245 Å². The van der Waals surface area contributed by atoms with E-state index in [-0.39, 0.29) is 19.4 Å². The Kier molecular flexibility index (Phi) is 39.2. The summed E-state index contributed by atoms with van der Waals surface area (Å²) in [7, 11) is -4.60. The van der Waals surface area contributed by atoms with Crippen molar-refractivity contribution < 1.29 is 56.8 Å². The van der Waals surface area contributed by atoms with E-state index in [2.05, 4.69) is 26.0 Å². The SMILES string of the molecule is CCCCCCCCC/C=C\CCCCCCCC(=O)OC(COC(=O)CCCCCCCCCCCCCCCCCCCCCC)COC1OC(CS(=O)(=O)O)C(O)C(O)C1O. The number of hydrogen-bond donors (Lipinski definition) is 4. The maximum Gasteiger partial charge on any atom is 0.306 e. The second kappa shape index (κ2) is 41.6. The molecule has 4 N–H and O–H groups in total. The number of esters is 2. The van der Waals surface area contributed by atoms with Crippen LogP contribution in [0.4, 0.5) is 0 Å². The van der Waals surface area contributed by atoms with Crippen LogP contribution in [0.15, 0.2) is 12.2 Å². The molecular weight excluding hydrogens is 837 g/mol. The molecule has 13 heteroatoms. The summed E-state index contributed by atoms with van der Waals surface area (Å²) in [5.41, 5.74) is 0. The molecule has 1 saturated heterocycles. The van der Waals surface area contributed by atoms with Crippen LogP contribution in [0.3, 0.4) is 0 Å². The van der Waals surface area contributed by atoms with E-state index < -0.39 is 71.2 Å². The molecule has 0 saturated carbocycles. The van der Waals surface area contributed by atoms with Crippen LogP contribution >= 0.6 is 0 Å². The summed E-state index contributed by atoms with van der Waals surface area (Å²) < 4.78 is 54.2. The molecule has 0 radical (unpaired) electrons. The van der Waals surface area contributed by atoms with E-state index in [1.54, 1.807) is 0 Å². The van der Waals surface area contributed by atoms with Gasteiger partial charge in [0.25, 0.3) is 10.1 Å². The molecule has 1 heterocycles. The predicted octanol–water partition coefficient (Wildman–Crippen LogP) is 11.8. The summed E-state index contributed by atoms with van der Waals surface area (Å²) in [6.07, 6.45) is 36.8.